The zero-order valence-corrected chi connectivity index (χ0v) is 24.6. The molecule has 1 aromatic carbocycles. The maximum absolute atomic E-state index is 13.7. The molecule has 2 spiro atoms. The number of Topliss-reactive ketones (excluding diaryl/α,β-unsaturated/α-hetero) is 1. The van der Waals surface area contributed by atoms with E-state index in [4.69, 9.17) is 14.2 Å². The van der Waals surface area contributed by atoms with Crippen molar-refractivity contribution >= 4 is 29.8 Å². The highest BCUT2D eigenvalue weighted by atomic mass is 16.6. The lowest BCUT2D eigenvalue weighted by atomic mass is 9.42. The highest BCUT2D eigenvalue weighted by molar-refractivity contribution is 5.88. The number of carbonyl (C=O) groups excluding carboxylic acids is 4. The van der Waals surface area contributed by atoms with Crippen molar-refractivity contribution in [1.82, 2.24) is 0 Å². The molecule has 0 heterocycles. The van der Waals surface area contributed by atoms with E-state index in [0.717, 1.165) is 5.56 Å². The van der Waals surface area contributed by atoms with Crippen LogP contribution < -0.4 is 0 Å². The van der Waals surface area contributed by atoms with Crippen LogP contribution in [0.2, 0.25) is 0 Å². The molecule has 5 rings (SSSR count). The topological polar surface area (TPSA) is 116 Å². The largest absolute Gasteiger partial charge is 0.461 e. The molecule has 1 unspecified atom stereocenters. The average molecular weight is 565 g/mol. The van der Waals surface area contributed by atoms with Gasteiger partial charge < -0.3 is 19.3 Å². The van der Waals surface area contributed by atoms with Crippen LogP contribution in [0.5, 0.6) is 0 Å². The van der Waals surface area contributed by atoms with Crippen molar-refractivity contribution in [2.75, 3.05) is 0 Å². The van der Waals surface area contributed by atoms with Crippen LogP contribution >= 0.6 is 0 Å². The van der Waals surface area contributed by atoms with Gasteiger partial charge in [0.05, 0.1) is 11.5 Å². The lowest BCUT2D eigenvalue weighted by Gasteiger charge is -2.60. The average Bonchev–Trinajstić information content (AvgIpc) is 3.14. The molecule has 8 heteroatoms. The van der Waals surface area contributed by atoms with Crippen molar-refractivity contribution in [1.29, 1.82) is 0 Å². The van der Waals surface area contributed by atoms with E-state index < -0.39 is 75.8 Å². The fraction of sp³-hybridized carbons (Fsp3) is 0.576. The van der Waals surface area contributed by atoms with Crippen LogP contribution in [-0.2, 0) is 33.4 Å². The molecule has 0 aromatic heterocycles. The minimum absolute atomic E-state index is 0.0466. The van der Waals surface area contributed by atoms with Crippen molar-refractivity contribution in [3.8, 4) is 0 Å². The van der Waals surface area contributed by atoms with Gasteiger partial charge in [0.2, 0.25) is 0 Å². The van der Waals surface area contributed by atoms with Crippen molar-refractivity contribution in [3.05, 3.63) is 54.1 Å². The molecule has 4 fully saturated rings. The molecule has 9 atom stereocenters. The Kier molecular flexibility index (Phi) is 6.88. The number of hydrogen-bond acceptors (Lipinski definition) is 8. The summed E-state index contributed by atoms with van der Waals surface area (Å²) in [5.74, 6) is -2.79. The smallest absolute Gasteiger partial charge is 0.331 e. The van der Waals surface area contributed by atoms with E-state index in [1.807, 2.05) is 58.0 Å². The second-order valence-corrected chi connectivity index (χ2v) is 13.1. The lowest BCUT2D eigenvalue weighted by molar-refractivity contribution is -0.191. The molecule has 41 heavy (non-hydrogen) atoms. The van der Waals surface area contributed by atoms with Gasteiger partial charge in [0.15, 0.2) is 0 Å². The highest BCUT2D eigenvalue weighted by Gasteiger charge is 2.91. The summed E-state index contributed by atoms with van der Waals surface area (Å²) >= 11 is 0. The fourth-order valence-electron chi connectivity index (χ4n) is 9.83. The van der Waals surface area contributed by atoms with Crippen molar-refractivity contribution < 1.29 is 38.5 Å². The number of ether oxygens (including phenoxy) is 3. The van der Waals surface area contributed by atoms with Gasteiger partial charge in [-0.2, -0.15) is 0 Å². The minimum atomic E-state index is -1.22. The maximum Gasteiger partial charge on any atom is 0.331 e. The Labute approximate surface area is 241 Å². The fourth-order valence-corrected chi connectivity index (χ4v) is 9.83. The zero-order chi connectivity index (χ0) is 30.1. The number of benzene rings is 1. The summed E-state index contributed by atoms with van der Waals surface area (Å²) in [6.07, 6.45) is 0.0763. The van der Waals surface area contributed by atoms with Gasteiger partial charge in [0.25, 0.3) is 0 Å². The van der Waals surface area contributed by atoms with E-state index in [1.165, 1.54) is 19.9 Å². The molecule has 0 amide bonds. The summed E-state index contributed by atoms with van der Waals surface area (Å²) in [6, 6.07) is 9.37. The molecule has 4 saturated carbocycles. The lowest BCUT2D eigenvalue weighted by Crippen LogP contribution is -2.63. The van der Waals surface area contributed by atoms with Crippen molar-refractivity contribution in [2.45, 2.75) is 85.2 Å². The first-order valence-corrected chi connectivity index (χ1v) is 14.4. The normalized spacial score (nSPS) is 40.6. The molecule has 4 aliphatic rings. The summed E-state index contributed by atoms with van der Waals surface area (Å²) in [6.45, 7) is 14.9. The minimum Gasteiger partial charge on any atom is -0.461 e. The Morgan fingerprint density at radius 2 is 1.61 bits per heavy atom. The molecule has 0 radical (unpaired) electrons. The molecule has 8 nitrogen and oxygen atoms in total. The highest BCUT2D eigenvalue weighted by Crippen LogP contribution is 2.86. The molecule has 0 saturated heterocycles. The van der Waals surface area contributed by atoms with Crippen LogP contribution in [0.25, 0.3) is 6.08 Å². The first kappa shape index (κ1) is 29.2. The van der Waals surface area contributed by atoms with E-state index in [2.05, 4.69) is 6.58 Å². The molecular weight excluding hydrogens is 524 g/mol. The van der Waals surface area contributed by atoms with Gasteiger partial charge in [-0.1, -0.05) is 64.6 Å². The Hall–Kier alpha value is -3.26. The van der Waals surface area contributed by atoms with Gasteiger partial charge in [-0.3, -0.25) is 14.4 Å². The van der Waals surface area contributed by atoms with Gasteiger partial charge in [0, 0.05) is 49.0 Å². The van der Waals surface area contributed by atoms with E-state index >= 15 is 0 Å². The van der Waals surface area contributed by atoms with E-state index in [0.29, 0.717) is 18.4 Å². The van der Waals surface area contributed by atoms with Crippen molar-refractivity contribution in [3.63, 3.8) is 0 Å². The maximum atomic E-state index is 13.7. The number of esters is 3. The first-order chi connectivity index (χ1) is 19.2. The third-order valence-corrected chi connectivity index (χ3v) is 11.2. The Morgan fingerprint density at radius 1 is 1.00 bits per heavy atom. The van der Waals surface area contributed by atoms with Gasteiger partial charge >= 0.3 is 17.9 Å². The van der Waals surface area contributed by atoms with Crippen LogP contribution in [0.15, 0.2) is 48.6 Å². The number of carbonyl (C=O) groups is 4. The zero-order valence-electron chi connectivity index (χ0n) is 24.6. The molecule has 2 bridgehead atoms. The van der Waals surface area contributed by atoms with Crippen molar-refractivity contribution in [2.24, 2.45) is 33.5 Å². The molecule has 0 aliphatic heterocycles. The first-order valence-electron chi connectivity index (χ1n) is 14.4. The third-order valence-electron chi connectivity index (χ3n) is 11.2. The summed E-state index contributed by atoms with van der Waals surface area (Å²) in [4.78, 5) is 52.0. The molecule has 1 aromatic rings. The van der Waals surface area contributed by atoms with Crippen LogP contribution in [0, 0.1) is 33.5 Å². The second kappa shape index (κ2) is 9.65. The van der Waals surface area contributed by atoms with E-state index in [1.54, 1.807) is 6.08 Å². The van der Waals surface area contributed by atoms with Crippen LogP contribution in [0.3, 0.4) is 0 Å². The molecule has 220 valence electrons. The number of hydrogen-bond donors (Lipinski definition) is 1. The van der Waals surface area contributed by atoms with Crippen LogP contribution in [-0.4, -0.2) is 53.2 Å². The Balaban J connectivity index is 1.69. The number of ketones is 1. The molecule has 1 N–H and O–H groups in total. The monoisotopic (exact) mass is 564 g/mol. The number of fused-ring (bicyclic) bond motifs is 1. The van der Waals surface area contributed by atoms with E-state index in [9.17, 15) is 24.3 Å². The molecule has 4 aliphatic carbocycles. The predicted octanol–water partition coefficient (Wildman–Crippen LogP) is 4.44. The van der Waals surface area contributed by atoms with Gasteiger partial charge in [-0.15, -0.1) is 0 Å². The SMILES string of the molecule is C=C1[C@@H](OC(=O)/C=C\c2ccccc2)CC[C@@]2(C)[C@@H](O)[C@H](OC(C)=O)[C@@]34[C@H](C)C(=O)C[C@@H]([C@@H](OC(C)=O)C132)C4(C)C. The molecular formula is C33H40O8. The number of aliphatic hydroxyl groups excluding tert-OH is 1. The predicted molar refractivity (Wildman–Crippen MR) is 150 cm³/mol. The summed E-state index contributed by atoms with van der Waals surface area (Å²) in [7, 11) is 0. The van der Waals surface area contributed by atoms with E-state index in [-0.39, 0.29) is 12.2 Å². The summed E-state index contributed by atoms with van der Waals surface area (Å²) in [5, 5.41) is 12.1. The van der Waals surface area contributed by atoms with Gasteiger partial charge in [0.1, 0.15) is 24.1 Å². The number of aliphatic hydroxyl groups is 1. The quantitative estimate of drug-likeness (QED) is 0.242. The number of rotatable bonds is 5. The Bertz CT molecular complexity index is 1330. The van der Waals surface area contributed by atoms with Gasteiger partial charge in [-0.25, -0.2) is 4.79 Å². The Morgan fingerprint density at radius 3 is 2.22 bits per heavy atom. The second-order valence-electron chi connectivity index (χ2n) is 13.1. The summed E-state index contributed by atoms with van der Waals surface area (Å²) in [5.41, 5.74) is -2.81. The summed E-state index contributed by atoms with van der Waals surface area (Å²) < 4.78 is 18.2. The third kappa shape index (κ3) is 3.62. The van der Waals surface area contributed by atoms with Crippen LogP contribution in [0.1, 0.15) is 66.4 Å². The van der Waals surface area contributed by atoms with Crippen LogP contribution in [0.4, 0.5) is 0 Å². The van der Waals surface area contributed by atoms with Gasteiger partial charge in [-0.05, 0) is 35.5 Å². The standard InChI is InChI=1S/C33H40O8/c1-18-24(36)17-23-28(39-20(3)34)33-19(2)25(41-26(37)14-13-22-11-9-8-10-12-22)15-16-31(33,7)27(38)29(40-21(4)35)32(18,33)30(23,5)6/h8-14,18,23,25,27-29,38H,2,15-17H2,1,3-7H3/b14-13-/t18-,23+,25+,27+,28-,29+,31+,32-,33?/m1/s1.